The van der Waals surface area contributed by atoms with Crippen LogP contribution in [0.25, 0.3) is 0 Å². The molecule has 3 heteroatoms. The fourth-order valence-corrected chi connectivity index (χ4v) is 1.31. The predicted octanol–water partition coefficient (Wildman–Crippen LogP) is 1.16. The van der Waals surface area contributed by atoms with Crippen LogP contribution in [0.4, 0.5) is 4.39 Å². The Hall–Kier alpha value is -1.09. The molecule has 1 aliphatic rings. The SMILES string of the molecule is Oc1ccc(C2(F)CNC2)cc1. The van der Waals surface area contributed by atoms with Gasteiger partial charge in [0, 0.05) is 13.1 Å². The van der Waals surface area contributed by atoms with E-state index in [2.05, 4.69) is 5.32 Å². The second kappa shape index (κ2) is 2.45. The van der Waals surface area contributed by atoms with Gasteiger partial charge < -0.3 is 10.4 Å². The summed E-state index contributed by atoms with van der Waals surface area (Å²) in [7, 11) is 0. The zero-order valence-electron chi connectivity index (χ0n) is 6.55. The van der Waals surface area contributed by atoms with E-state index in [0.717, 1.165) is 0 Å². The van der Waals surface area contributed by atoms with Crippen LogP contribution in [-0.2, 0) is 5.67 Å². The van der Waals surface area contributed by atoms with Gasteiger partial charge >= 0.3 is 0 Å². The van der Waals surface area contributed by atoms with E-state index in [-0.39, 0.29) is 5.75 Å². The number of benzene rings is 1. The first kappa shape index (κ1) is 7.55. The smallest absolute Gasteiger partial charge is 0.160 e. The number of phenolic OH excluding ortho intramolecular Hbond substituents is 1. The van der Waals surface area contributed by atoms with Crippen molar-refractivity contribution in [2.75, 3.05) is 13.1 Å². The van der Waals surface area contributed by atoms with E-state index in [0.29, 0.717) is 18.7 Å². The molecule has 1 aromatic rings. The molecule has 0 saturated carbocycles. The summed E-state index contributed by atoms with van der Waals surface area (Å²) in [5, 5.41) is 11.9. The lowest BCUT2D eigenvalue weighted by Crippen LogP contribution is -2.53. The summed E-state index contributed by atoms with van der Waals surface area (Å²) in [6.45, 7) is 0.746. The first-order chi connectivity index (χ1) is 5.71. The molecule has 1 fully saturated rings. The average molecular weight is 167 g/mol. The van der Waals surface area contributed by atoms with Crippen LogP contribution in [0, 0.1) is 0 Å². The van der Waals surface area contributed by atoms with Crippen LogP contribution >= 0.6 is 0 Å². The molecule has 1 saturated heterocycles. The highest BCUT2D eigenvalue weighted by Gasteiger charge is 2.38. The lowest BCUT2D eigenvalue weighted by Gasteiger charge is -2.35. The quantitative estimate of drug-likeness (QED) is 0.657. The summed E-state index contributed by atoms with van der Waals surface area (Å²) < 4.78 is 13.6. The Kier molecular flexibility index (Phi) is 1.54. The molecule has 12 heavy (non-hydrogen) atoms. The highest BCUT2D eigenvalue weighted by atomic mass is 19.1. The second-order valence-corrected chi connectivity index (χ2v) is 3.12. The van der Waals surface area contributed by atoms with Crippen molar-refractivity contribution >= 4 is 0 Å². The Balaban J connectivity index is 2.28. The lowest BCUT2D eigenvalue weighted by atomic mass is 9.90. The van der Waals surface area contributed by atoms with Gasteiger partial charge in [0.15, 0.2) is 5.67 Å². The van der Waals surface area contributed by atoms with Gasteiger partial charge in [-0.1, -0.05) is 12.1 Å². The molecule has 1 aromatic carbocycles. The number of hydrogen-bond acceptors (Lipinski definition) is 2. The number of aromatic hydroxyl groups is 1. The van der Waals surface area contributed by atoms with Crippen molar-refractivity contribution in [1.29, 1.82) is 0 Å². The maximum Gasteiger partial charge on any atom is 0.160 e. The van der Waals surface area contributed by atoms with Gasteiger partial charge in [-0.2, -0.15) is 0 Å². The third-order valence-electron chi connectivity index (χ3n) is 2.20. The number of hydrogen-bond donors (Lipinski definition) is 2. The Morgan fingerprint density at radius 3 is 2.25 bits per heavy atom. The molecule has 1 heterocycles. The van der Waals surface area contributed by atoms with Crippen LogP contribution in [0.5, 0.6) is 5.75 Å². The highest BCUT2D eigenvalue weighted by molar-refractivity contribution is 5.32. The van der Waals surface area contributed by atoms with Gasteiger partial charge in [0.25, 0.3) is 0 Å². The summed E-state index contributed by atoms with van der Waals surface area (Å²) in [5.41, 5.74) is -0.577. The Bertz CT molecular complexity index is 279. The van der Waals surface area contributed by atoms with Crippen molar-refractivity contribution in [3.05, 3.63) is 29.8 Å². The molecule has 2 rings (SSSR count). The van der Waals surface area contributed by atoms with E-state index in [1.807, 2.05) is 0 Å². The summed E-state index contributed by atoms with van der Waals surface area (Å²) >= 11 is 0. The summed E-state index contributed by atoms with van der Waals surface area (Å²) in [5.74, 6) is 0.176. The molecular formula is C9H10FNO. The van der Waals surface area contributed by atoms with E-state index in [1.165, 1.54) is 12.1 Å². The van der Waals surface area contributed by atoms with Crippen LogP contribution < -0.4 is 5.32 Å². The van der Waals surface area contributed by atoms with E-state index in [9.17, 15) is 4.39 Å². The zero-order valence-corrected chi connectivity index (χ0v) is 6.55. The predicted molar refractivity (Wildman–Crippen MR) is 43.8 cm³/mol. The highest BCUT2D eigenvalue weighted by Crippen LogP contribution is 2.30. The number of nitrogens with one attached hydrogen (secondary N) is 1. The molecular weight excluding hydrogens is 157 g/mol. The summed E-state index contributed by atoms with van der Waals surface area (Å²) in [6.07, 6.45) is 0. The normalized spacial score (nSPS) is 20.1. The minimum absolute atomic E-state index is 0.176. The van der Waals surface area contributed by atoms with E-state index < -0.39 is 5.67 Å². The van der Waals surface area contributed by atoms with Gasteiger partial charge in [0.05, 0.1) is 0 Å². The van der Waals surface area contributed by atoms with Crippen molar-refractivity contribution in [3.8, 4) is 5.75 Å². The molecule has 2 N–H and O–H groups in total. The molecule has 0 atom stereocenters. The van der Waals surface area contributed by atoms with E-state index >= 15 is 0 Å². The van der Waals surface area contributed by atoms with E-state index in [4.69, 9.17) is 5.11 Å². The number of halogens is 1. The second-order valence-electron chi connectivity index (χ2n) is 3.12. The molecule has 0 aliphatic carbocycles. The average Bonchev–Trinajstić information content (AvgIpc) is 2.02. The molecule has 0 unspecified atom stereocenters. The van der Waals surface area contributed by atoms with Crippen LogP contribution in [0.15, 0.2) is 24.3 Å². The van der Waals surface area contributed by atoms with Gasteiger partial charge in [-0.15, -0.1) is 0 Å². The fourth-order valence-electron chi connectivity index (χ4n) is 1.31. The number of phenols is 1. The largest absolute Gasteiger partial charge is 0.508 e. The molecule has 0 radical (unpaired) electrons. The van der Waals surface area contributed by atoms with Gasteiger partial charge in [-0.25, -0.2) is 4.39 Å². The number of rotatable bonds is 1. The third-order valence-corrected chi connectivity index (χ3v) is 2.20. The maximum absolute atomic E-state index is 13.6. The molecule has 1 aliphatic heterocycles. The maximum atomic E-state index is 13.6. The van der Waals surface area contributed by atoms with Gasteiger partial charge in [-0.3, -0.25) is 0 Å². The molecule has 0 aromatic heterocycles. The Morgan fingerprint density at radius 2 is 1.83 bits per heavy atom. The molecule has 2 nitrogen and oxygen atoms in total. The summed E-state index contributed by atoms with van der Waals surface area (Å²) in [6, 6.07) is 6.26. The third kappa shape index (κ3) is 1.06. The minimum atomic E-state index is -1.21. The van der Waals surface area contributed by atoms with Crippen molar-refractivity contribution in [2.24, 2.45) is 0 Å². The Labute approximate surface area is 70.0 Å². The van der Waals surface area contributed by atoms with Crippen LogP contribution in [0.3, 0.4) is 0 Å². The van der Waals surface area contributed by atoms with Gasteiger partial charge in [0.1, 0.15) is 5.75 Å². The van der Waals surface area contributed by atoms with Crippen molar-refractivity contribution in [3.63, 3.8) is 0 Å². The standard InChI is InChI=1S/C9H10FNO/c10-9(5-11-6-9)7-1-3-8(12)4-2-7/h1-4,11-12H,5-6H2. The zero-order chi connectivity index (χ0) is 8.60. The molecule has 0 spiro atoms. The van der Waals surface area contributed by atoms with Crippen LogP contribution in [0.1, 0.15) is 5.56 Å². The van der Waals surface area contributed by atoms with Crippen molar-refractivity contribution < 1.29 is 9.50 Å². The van der Waals surface area contributed by atoms with Gasteiger partial charge in [0.2, 0.25) is 0 Å². The monoisotopic (exact) mass is 167 g/mol. The van der Waals surface area contributed by atoms with Crippen LogP contribution in [0.2, 0.25) is 0 Å². The number of alkyl halides is 1. The molecule has 64 valence electrons. The topological polar surface area (TPSA) is 32.3 Å². The van der Waals surface area contributed by atoms with Gasteiger partial charge in [-0.05, 0) is 17.7 Å². The fraction of sp³-hybridized carbons (Fsp3) is 0.333. The Morgan fingerprint density at radius 1 is 1.25 bits per heavy atom. The molecule has 0 bridgehead atoms. The lowest BCUT2D eigenvalue weighted by molar-refractivity contribution is 0.0891. The van der Waals surface area contributed by atoms with Crippen molar-refractivity contribution in [2.45, 2.75) is 5.67 Å². The van der Waals surface area contributed by atoms with Crippen LogP contribution in [-0.4, -0.2) is 18.2 Å². The first-order valence-electron chi connectivity index (χ1n) is 3.90. The first-order valence-corrected chi connectivity index (χ1v) is 3.90. The van der Waals surface area contributed by atoms with E-state index in [1.54, 1.807) is 12.1 Å². The molecule has 0 amide bonds. The van der Waals surface area contributed by atoms with Crippen molar-refractivity contribution in [1.82, 2.24) is 5.32 Å². The summed E-state index contributed by atoms with van der Waals surface area (Å²) in [4.78, 5) is 0. The minimum Gasteiger partial charge on any atom is -0.508 e.